The zero-order chi connectivity index (χ0) is 14.0. The fourth-order valence-corrected chi connectivity index (χ4v) is 2.82. The standard InChI is InChI=1S/C15H24FN3/c1-4-18-7-9-19(10-8-18)15(2,3)13-6-5-12(17)11-14(13)16/h5-6,11H,4,7-10,17H2,1-3H3. The Balaban J connectivity index is 2.18. The summed E-state index contributed by atoms with van der Waals surface area (Å²) in [6, 6.07) is 5.01. The van der Waals surface area contributed by atoms with E-state index in [4.69, 9.17) is 5.73 Å². The Morgan fingerprint density at radius 3 is 2.37 bits per heavy atom. The van der Waals surface area contributed by atoms with Crippen LogP contribution in [0.2, 0.25) is 0 Å². The molecule has 3 nitrogen and oxygen atoms in total. The number of hydrogen-bond donors (Lipinski definition) is 1. The summed E-state index contributed by atoms with van der Waals surface area (Å²) in [5.41, 5.74) is 6.54. The summed E-state index contributed by atoms with van der Waals surface area (Å²) in [7, 11) is 0. The van der Waals surface area contributed by atoms with Gasteiger partial charge in [-0.2, -0.15) is 0 Å². The molecule has 1 aliphatic rings. The van der Waals surface area contributed by atoms with Crippen LogP contribution in [0.25, 0.3) is 0 Å². The first kappa shape index (κ1) is 14.3. The van der Waals surface area contributed by atoms with E-state index in [2.05, 4.69) is 30.6 Å². The van der Waals surface area contributed by atoms with E-state index in [0.29, 0.717) is 5.69 Å². The van der Waals surface area contributed by atoms with Crippen LogP contribution in [0, 0.1) is 5.82 Å². The predicted octanol–water partition coefficient (Wildman–Crippen LogP) is 2.28. The molecule has 19 heavy (non-hydrogen) atoms. The third kappa shape index (κ3) is 2.90. The van der Waals surface area contributed by atoms with Crippen LogP contribution < -0.4 is 5.73 Å². The third-order valence-corrected chi connectivity index (χ3v) is 4.26. The molecule has 106 valence electrons. The normalized spacial score (nSPS) is 18.7. The molecule has 0 amide bonds. The van der Waals surface area contributed by atoms with Crippen molar-refractivity contribution < 1.29 is 4.39 Å². The number of likely N-dealkylation sites (N-methyl/N-ethyl adjacent to an activating group) is 1. The Morgan fingerprint density at radius 2 is 1.84 bits per heavy atom. The molecule has 1 saturated heterocycles. The Morgan fingerprint density at radius 1 is 1.21 bits per heavy atom. The lowest BCUT2D eigenvalue weighted by Gasteiger charge is -2.44. The monoisotopic (exact) mass is 265 g/mol. The summed E-state index contributed by atoms with van der Waals surface area (Å²) in [6.07, 6.45) is 0. The second-order valence-corrected chi connectivity index (χ2v) is 5.72. The number of hydrogen-bond acceptors (Lipinski definition) is 3. The van der Waals surface area contributed by atoms with E-state index in [1.54, 1.807) is 6.07 Å². The molecule has 0 bridgehead atoms. The highest BCUT2D eigenvalue weighted by Gasteiger charge is 2.33. The molecule has 4 heteroatoms. The van der Waals surface area contributed by atoms with Crippen molar-refractivity contribution in [1.82, 2.24) is 9.80 Å². The summed E-state index contributed by atoms with van der Waals surface area (Å²) in [6.45, 7) is 11.5. The van der Waals surface area contributed by atoms with Crippen molar-refractivity contribution in [2.24, 2.45) is 0 Å². The molecule has 1 aliphatic heterocycles. The lowest BCUT2D eigenvalue weighted by atomic mass is 9.90. The van der Waals surface area contributed by atoms with E-state index in [-0.39, 0.29) is 11.4 Å². The fourth-order valence-electron chi connectivity index (χ4n) is 2.82. The van der Waals surface area contributed by atoms with Gasteiger partial charge in [0, 0.05) is 43.0 Å². The van der Waals surface area contributed by atoms with E-state index in [9.17, 15) is 4.39 Å². The number of anilines is 1. The molecule has 1 fully saturated rings. The van der Waals surface area contributed by atoms with Crippen molar-refractivity contribution in [3.05, 3.63) is 29.6 Å². The van der Waals surface area contributed by atoms with Crippen molar-refractivity contribution in [2.45, 2.75) is 26.3 Å². The van der Waals surface area contributed by atoms with Gasteiger partial charge in [0.05, 0.1) is 0 Å². The van der Waals surface area contributed by atoms with Crippen molar-refractivity contribution >= 4 is 5.69 Å². The van der Waals surface area contributed by atoms with E-state index in [1.807, 2.05) is 6.07 Å². The van der Waals surface area contributed by atoms with Gasteiger partial charge in [-0.15, -0.1) is 0 Å². The lowest BCUT2D eigenvalue weighted by Crippen LogP contribution is -2.53. The number of piperazine rings is 1. The number of rotatable bonds is 3. The molecule has 0 aromatic heterocycles. The largest absolute Gasteiger partial charge is 0.399 e. The molecule has 0 radical (unpaired) electrons. The van der Waals surface area contributed by atoms with E-state index < -0.39 is 0 Å². The molecule has 2 rings (SSSR count). The van der Waals surface area contributed by atoms with Crippen LogP contribution in [0.4, 0.5) is 10.1 Å². The highest BCUT2D eigenvalue weighted by Crippen LogP contribution is 2.31. The Labute approximate surface area is 115 Å². The fraction of sp³-hybridized carbons (Fsp3) is 0.600. The topological polar surface area (TPSA) is 32.5 Å². The average molecular weight is 265 g/mol. The third-order valence-electron chi connectivity index (χ3n) is 4.26. The van der Waals surface area contributed by atoms with Crippen molar-refractivity contribution in [2.75, 3.05) is 38.5 Å². The number of nitrogens with two attached hydrogens (primary N) is 1. The van der Waals surface area contributed by atoms with Crippen molar-refractivity contribution in [3.8, 4) is 0 Å². The van der Waals surface area contributed by atoms with Crippen molar-refractivity contribution in [1.29, 1.82) is 0 Å². The average Bonchev–Trinajstić information content (AvgIpc) is 2.38. The zero-order valence-corrected chi connectivity index (χ0v) is 12.1. The van der Waals surface area contributed by atoms with Crippen LogP contribution in [0.5, 0.6) is 0 Å². The molecule has 2 N–H and O–H groups in total. The smallest absolute Gasteiger partial charge is 0.130 e. The lowest BCUT2D eigenvalue weighted by molar-refractivity contribution is 0.0506. The van der Waals surface area contributed by atoms with Crippen molar-refractivity contribution in [3.63, 3.8) is 0 Å². The maximum Gasteiger partial charge on any atom is 0.130 e. The SMILES string of the molecule is CCN1CCN(C(C)(C)c2ccc(N)cc2F)CC1. The number of halogens is 1. The first-order chi connectivity index (χ1) is 8.95. The molecule has 0 atom stereocenters. The molecular weight excluding hydrogens is 241 g/mol. The van der Waals surface area contributed by atoms with Crippen LogP contribution >= 0.6 is 0 Å². The summed E-state index contributed by atoms with van der Waals surface area (Å²) < 4.78 is 14.1. The van der Waals surface area contributed by atoms with Crippen LogP contribution in [-0.4, -0.2) is 42.5 Å². The molecule has 1 aromatic rings. The maximum absolute atomic E-state index is 14.1. The number of nitrogens with zero attached hydrogens (tertiary/aromatic N) is 2. The van der Waals surface area contributed by atoms with E-state index >= 15 is 0 Å². The first-order valence-corrected chi connectivity index (χ1v) is 6.98. The molecule has 1 aromatic carbocycles. The Kier molecular flexibility index (Phi) is 4.11. The van der Waals surface area contributed by atoms with Gasteiger partial charge in [-0.3, -0.25) is 4.90 Å². The first-order valence-electron chi connectivity index (χ1n) is 6.98. The molecule has 0 unspecified atom stereocenters. The molecule has 1 heterocycles. The second kappa shape index (κ2) is 5.47. The quantitative estimate of drug-likeness (QED) is 0.851. The van der Waals surface area contributed by atoms with Gasteiger partial charge < -0.3 is 10.6 Å². The van der Waals surface area contributed by atoms with Gasteiger partial charge in [-0.25, -0.2) is 4.39 Å². The van der Waals surface area contributed by atoms with E-state index in [0.717, 1.165) is 38.3 Å². The number of nitrogen functional groups attached to an aromatic ring is 1. The minimum Gasteiger partial charge on any atom is -0.399 e. The minimum absolute atomic E-state index is 0.206. The van der Waals surface area contributed by atoms with Crippen LogP contribution in [-0.2, 0) is 5.54 Å². The highest BCUT2D eigenvalue weighted by molar-refractivity contribution is 5.42. The van der Waals surface area contributed by atoms with Gasteiger partial charge >= 0.3 is 0 Å². The summed E-state index contributed by atoms with van der Waals surface area (Å²) in [4.78, 5) is 4.78. The van der Waals surface area contributed by atoms with Gasteiger partial charge in [-0.1, -0.05) is 13.0 Å². The predicted molar refractivity (Wildman–Crippen MR) is 77.5 cm³/mol. The maximum atomic E-state index is 14.1. The van der Waals surface area contributed by atoms with E-state index in [1.165, 1.54) is 6.07 Å². The van der Waals surface area contributed by atoms with Crippen LogP contribution in [0.1, 0.15) is 26.3 Å². The Hall–Kier alpha value is -1.13. The molecular formula is C15H24FN3. The van der Waals surface area contributed by atoms with Gasteiger partial charge in [0.2, 0.25) is 0 Å². The minimum atomic E-state index is -0.294. The van der Waals surface area contributed by atoms with Crippen LogP contribution in [0.3, 0.4) is 0 Å². The number of benzene rings is 1. The summed E-state index contributed by atoms with van der Waals surface area (Å²) in [5.74, 6) is -0.206. The zero-order valence-electron chi connectivity index (χ0n) is 12.1. The van der Waals surface area contributed by atoms with Gasteiger partial charge in [0.1, 0.15) is 5.82 Å². The molecule has 0 aliphatic carbocycles. The van der Waals surface area contributed by atoms with Crippen LogP contribution in [0.15, 0.2) is 18.2 Å². The highest BCUT2D eigenvalue weighted by atomic mass is 19.1. The van der Waals surface area contributed by atoms with Gasteiger partial charge in [-0.05, 0) is 32.5 Å². The molecule has 0 spiro atoms. The van der Waals surface area contributed by atoms with Gasteiger partial charge in [0.25, 0.3) is 0 Å². The summed E-state index contributed by atoms with van der Waals surface area (Å²) >= 11 is 0. The van der Waals surface area contributed by atoms with Gasteiger partial charge in [0.15, 0.2) is 0 Å². The second-order valence-electron chi connectivity index (χ2n) is 5.72. The molecule has 0 saturated carbocycles. The Bertz CT molecular complexity index is 437. The summed E-state index contributed by atoms with van der Waals surface area (Å²) in [5, 5.41) is 0.